The van der Waals surface area contributed by atoms with Crippen LogP contribution in [0.4, 0.5) is 0 Å². The van der Waals surface area contributed by atoms with Crippen molar-refractivity contribution in [2.75, 3.05) is 0 Å². The van der Waals surface area contributed by atoms with Crippen LogP contribution in [-0.4, -0.2) is 11.6 Å². The Bertz CT molecular complexity index is 1500. The second kappa shape index (κ2) is 13.1. The SMILES string of the molecule is [2H]c1c([2H])c([2H])c2c(c1[2H])C(=O)C(C/C=C(\C)CC([2H])([2H])/C=C(/CC/C=C(\C)CCC=C(C)C)C([2H])([2H])[2H])=C(C([2H])([2H])[2H])C2=O. The molecule has 176 valence electrons. The van der Waals surface area contributed by atoms with E-state index in [1.54, 1.807) is 0 Å². The fourth-order valence-corrected chi connectivity index (χ4v) is 3.29. The average molecular weight is 457 g/mol. The van der Waals surface area contributed by atoms with Crippen LogP contribution in [-0.2, 0) is 0 Å². The van der Waals surface area contributed by atoms with Gasteiger partial charge in [0.15, 0.2) is 11.6 Å². The van der Waals surface area contributed by atoms with Crippen LogP contribution in [0.15, 0.2) is 81.9 Å². The number of benzene rings is 1. The summed E-state index contributed by atoms with van der Waals surface area (Å²) < 4.78 is 96.5. The molecule has 1 aromatic carbocycles. The molecule has 2 rings (SSSR count). The molecule has 0 amide bonds. The van der Waals surface area contributed by atoms with Gasteiger partial charge in [0.2, 0.25) is 0 Å². The Labute approximate surface area is 217 Å². The van der Waals surface area contributed by atoms with E-state index in [1.165, 1.54) is 18.6 Å². The third-order valence-corrected chi connectivity index (χ3v) is 5.25. The van der Waals surface area contributed by atoms with Crippen molar-refractivity contribution in [3.63, 3.8) is 0 Å². The van der Waals surface area contributed by atoms with Gasteiger partial charge in [-0.25, -0.2) is 0 Å². The van der Waals surface area contributed by atoms with Crippen molar-refractivity contribution in [2.45, 2.75) is 86.3 Å². The molecule has 0 aliphatic heterocycles. The topological polar surface area (TPSA) is 34.1 Å². The van der Waals surface area contributed by atoms with E-state index >= 15 is 0 Å². The van der Waals surface area contributed by atoms with Gasteiger partial charge in [-0.15, -0.1) is 0 Å². The quantitative estimate of drug-likeness (QED) is 0.311. The number of Topliss-reactive ketones (excluding diaryl/α,β-unsaturated/α-hetero) is 2. The first-order chi connectivity index (χ1) is 20.5. The molecule has 1 aromatic rings. The van der Waals surface area contributed by atoms with Crippen molar-refractivity contribution in [3.05, 3.63) is 93.0 Å². The van der Waals surface area contributed by atoms with E-state index < -0.39 is 84.5 Å². The summed E-state index contributed by atoms with van der Waals surface area (Å²) in [5.41, 5.74) is 0.0820. The first kappa shape index (κ1) is 13.8. The molecule has 1 aliphatic rings. The van der Waals surface area contributed by atoms with Crippen molar-refractivity contribution >= 4 is 11.6 Å². The monoisotopic (exact) mass is 456 g/mol. The zero-order valence-corrected chi connectivity index (χ0v) is 19.9. The van der Waals surface area contributed by atoms with Crippen LogP contribution >= 0.6 is 0 Å². The molecular weight excluding hydrogens is 404 g/mol. The highest BCUT2D eigenvalue weighted by atomic mass is 16.1. The van der Waals surface area contributed by atoms with Gasteiger partial charge in [0.05, 0.1) is 5.48 Å². The van der Waals surface area contributed by atoms with Crippen LogP contribution in [0.25, 0.3) is 0 Å². The van der Waals surface area contributed by atoms with Crippen LogP contribution in [0.3, 0.4) is 0 Å². The second-order valence-corrected chi connectivity index (χ2v) is 8.48. The van der Waals surface area contributed by atoms with Gasteiger partial charge in [0, 0.05) is 33.2 Å². The van der Waals surface area contributed by atoms with Crippen LogP contribution in [0, 0.1) is 0 Å². The maximum Gasteiger partial charge on any atom is 0.190 e. The minimum Gasteiger partial charge on any atom is -0.289 e. The molecule has 0 atom stereocenters. The molecule has 0 bridgehead atoms. The highest BCUT2D eigenvalue weighted by molar-refractivity contribution is 6.26. The van der Waals surface area contributed by atoms with Crippen LogP contribution in [0.1, 0.15) is 123 Å². The highest BCUT2D eigenvalue weighted by Crippen LogP contribution is 2.28. The first-order valence-electron chi connectivity index (χ1n) is 17.1. The summed E-state index contributed by atoms with van der Waals surface area (Å²) in [6.45, 7) is 1.95. The number of allylic oxidation sites excluding steroid dienone is 10. The van der Waals surface area contributed by atoms with Gasteiger partial charge in [0.25, 0.3) is 0 Å². The van der Waals surface area contributed by atoms with Crippen molar-refractivity contribution in [1.29, 1.82) is 0 Å². The number of hydrogen-bond donors (Lipinski definition) is 0. The lowest BCUT2D eigenvalue weighted by molar-refractivity contribution is 0.0973. The Hall–Kier alpha value is -2.74. The lowest BCUT2D eigenvalue weighted by Gasteiger charge is -2.18. The summed E-state index contributed by atoms with van der Waals surface area (Å²) in [6, 6.07) is -3.04. The van der Waals surface area contributed by atoms with Crippen molar-refractivity contribution < 1.29 is 26.0 Å². The largest absolute Gasteiger partial charge is 0.289 e. The minimum atomic E-state index is -3.07. The molecule has 0 saturated heterocycles. The minimum absolute atomic E-state index is 0.0279. The molecule has 33 heavy (non-hydrogen) atoms. The summed E-state index contributed by atoms with van der Waals surface area (Å²) in [5, 5.41) is 0. The third kappa shape index (κ3) is 8.28. The maximum atomic E-state index is 13.5. The number of ketones is 2. The summed E-state index contributed by atoms with van der Waals surface area (Å²) in [6.07, 6.45) is 6.04. The van der Waals surface area contributed by atoms with E-state index in [1.807, 2.05) is 26.8 Å². The number of carbonyl (C=O) groups excluding carboxylic acids is 2. The maximum absolute atomic E-state index is 13.5. The van der Waals surface area contributed by atoms with Crippen LogP contribution in [0.5, 0.6) is 0 Å². The van der Waals surface area contributed by atoms with E-state index in [0.29, 0.717) is 12.0 Å². The van der Waals surface area contributed by atoms with Crippen molar-refractivity contribution in [1.82, 2.24) is 0 Å². The molecule has 0 spiro atoms. The first-order valence-corrected chi connectivity index (χ1v) is 11.1. The van der Waals surface area contributed by atoms with E-state index in [9.17, 15) is 9.59 Å². The number of rotatable bonds is 11. The van der Waals surface area contributed by atoms with E-state index in [2.05, 4.69) is 6.08 Å². The van der Waals surface area contributed by atoms with Gasteiger partial charge in [-0.05, 0) is 86.3 Å². The van der Waals surface area contributed by atoms with Gasteiger partial charge < -0.3 is 0 Å². The molecule has 0 saturated carbocycles. The van der Waals surface area contributed by atoms with Crippen molar-refractivity contribution in [2.24, 2.45) is 0 Å². The Morgan fingerprint density at radius 2 is 1.48 bits per heavy atom. The Kier molecular flexibility index (Phi) is 5.49. The molecular formula is C31H40O2. The van der Waals surface area contributed by atoms with Gasteiger partial charge in [-0.3, -0.25) is 9.59 Å². The van der Waals surface area contributed by atoms with Gasteiger partial charge in [-0.1, -0.05) is 70.8 Å². The molecule has 0 fully saturated rings. The fraction of sp³-hybridized carbons (Fsp3) is 0.419. The van der Waals surface area contributed by atoms with Gasteiger partial charge >= 0.3 is 0 Å². The number of carbonyl (C=O) groups is 2. The molecule has 0 N–H and O–H groups in total. The zero-order valence-electron chi connectivity index (χ0n) is 31.9. The molecule has 0 unspecified atom stereocenters. The smallest absolute Gasteiger partial charge is 0.190 e. The summed E-state index contributed by atoms with van der Waals surface area (Å²) in [4.78, 5) is 26.7. The average Bonchev–Trinajstić information content (AvgIpc) is 2.88. The summed E-state index contributed by atoms with van der Waals surface area (Å²) >= 11 is 0. The third-order valence-electron chi connectivity index (χ3n) is 5.25. The van der Waals surface area contributed by atoms with Crippen LogP contribution in [0.2, 0.25) is 0 Å². The second-order valence-electron chi connectivity index (χ2n) is 8.48. The number of fused-ring (bicyclic) bond motifs is 1. The van der Waals surface area contributed by atoms with E-state index in [4.69, 9.17) is 16.4 Å². The molecule has 0 radical (unpaired) electrons. The number of hydrogen-bond acceptors (Lipinski definition) is 2. The molecule has 0 aromatic heterocycles. The summed E-state index contributed by atoms with van der Waals surface area (Å²) in [7, 11) is 0. The predicted molar refractivity (Wildman–Crippen MR) is 141 cm³/mol. The van der Waals surface area contributed by atoms with E-state index in [-0.39, 0.29) is 18.4 Å². The Morgan fingerprint density at radius 3 is 2.15 bits per heavy atom. The Balaban J connectivity index is 2.37. The lowest BCUT2D eigenvalue weighted by atomic mass is 9.83. The lowest BCUT2D eigenvalue weighted by Crippen LogP contribution is -2.20. The molecule has 1 aliphatic carbocycles. The van der Waals surface area contributed by atoms with Crippen molar-refractivity contribution in [3.8, 4) is 0 Å². The molecule has 2 heteroatoms. The highest BCUT2D eigenvalue weighted by Gasteiger charge is 2.28. The van der Waals surface area contributed by atoms with Gasteiger partial charge in [0.1, 0.15) is 0 Å². The normalized spacial score (nSPS) is 21.6. The molecule has 2 nitrogen and oxygen atoms in total. The fourth-order valence-electron chi connectivity index (χ4n) is 3.29. The standard InChI is InChI=1S/C31H40O2/c1-22(2)12-9-13-23(3)14-10-15-24(4)16-11-17-25(5)20-21-27-26(6)30(32)28-18-7-8-19-29(28)31(27)33/h7-8,12,14,16,18-20H,9-11,13,15,17,21H2,1-6H3/b23-14+,24-16+,25-20+/i4D3,6D3,7D,8D,11D2,18D,19D. The van der Waals surface area contributed by atoms with Crippen LogP contribution < -0.4 is 0 Å². The summed E-state index contributed by atoms with van der Waals surface area (Å²) in [5.74, 6) is -2.19. The Morgan fingerprint density at radius 1 is 0.848 bits per heavy atom. The predicted octanol–water partition coefficient (Wildman–Crippen LogP) is 8.92. The van der Waals surface area contributed by atoms with E-state index in [0.717, 1.165) is 24.5 Å². The molecule has 0 heterocycles. The zero-order chi connectivity index (χ0) is 34.7. The van der Waals surface area contributed by atoms with Gasteiger partial charge in [-0.2, -0.15) is 0 Å².